The van der Waals surface area contributed by atoms with Gasteiger partial charge in [0.15, 0.2) is 0 Å². The quantitative estimate of drug-likeness (QED) is 0.209. The first-order valence-electron chi connectivity index (χ1n) is 17.2. The Morgan fingerprint density at radius 2 is 0.512 bits per heavy atom. The van der Waals surface area contributed by atoms with E-state index in [9.17, 15) is 0 Å². The van der Waals surface area contributed by atoms with Crippen molar-refractivity contribution in [2.24, 2.45) is 0 Å². The second-order valence-corrected chi connectivity index (χ2v) is 15.4. The van der Waals surface area contributed by atoms with E-state index in [4.69, 9.17) is 0 Å². The molecule has 0 radical (unpaired) electrons. The summed E-state index contributed by atoms with van der Waals surface area (Å²) >= 11 is 0. The molecular formula is C42H69Sc. The average Bonchev–Trinajstić information content (AvgIpc) is 3.61. The molecule has 0 aliphatic rings. The maximum atomic E-state index is 2.31. The Morgan fingerprint density at radius 3 is 0.628 bits per heavy atom. The third-order valence-electron chi connectivity index (χ3n) is 8.66. The summed E-state index contributed by atoms with van der Waals surface area (Å²) in [5.41, 5.74) is 14.0. The summed E-state index contributed by atoms with van der Waals surface area (Å²) in [6.07, 6.45) is 0. The first-order chi connectivity index (χ1) is 19.3. The van der Waals surface area contributed by atoms with Crippen molar-refractivity contribution in [3.8, 4) is 0 Å². The molecular weight excluding hydrogens is 549 g/mol. The predicted octanol–water partition coefficient (Wildman–Crippen LogP) is 14.3. The van der Waals surface area contributed by atoms with Gasteiger partial charge in [0.25, 0.3) is 0 Å². The zero-order chi connectivity index (χ0) is 32.6. The van der Waals surface area contributed by atoms with Crippen LogP contribution in [0.5, 0.6) is 0 Å². The van der Waals surface area contributed by atoms with Crippen LogP contribution in [0, 0.1) is 0 Å². The zero-order valence-corrected chi connectivity index (χ0v) is 33.5. The Balaban J connectivity index is 0.000000608. The van der Waals surface area contributed by atoms with Gasteiger partial charge in [0.1, 0.15) is 0 Å². The number of hydrogen-bond acceptors (Lipinski definition) is 0. The van der Waals surface area contributed by atoms with Crippen molar-refractivity contribution >= 4 is 0 Å². The van der Waals surface area contributed by atoms with Gasteiger partial charge >= 0.3 is 25.8 Å². The fourth-order valence-corrected chi connectivity index (χ4v) is 6.60. The van der Waals surface area contributed by atoms with Crippen molar-refractivity contribution in [3.63, 3.8) is 0 Å². The van der Waals surface area contributed by atoms with Gasteiger partial charge in [0.2, 0.25) is 0 Å². The van der Waals surface area contributed by atoms with Crippen molar-refractivity contribution in [1.29, 1.82) is 0 Å². The summed E-state index contributed by atoms with van der Waals surface area (Å²) in [5.74, 6) is 5.87. The molecule has 0 heterocycles. The molecule has 0 unspecified atom stereocenters. The summed E-state index contributed by atoms with van der Waals surface area (Å²) in [7, 11) is 0. The van der Waals surface area contributed by atoms with E-state index in [2.05, 4.69) is 161 Å². The van der Waals surface area contributed by atoms with E-state index >= 15 is 0 Å². The molecule has 0 nitrogen and oxygen atoms in total. The van der Waals surface area contributed by atoms with Gasteiger partial charge in [0, 0.05) is 0 Å². The topological polar surface area (TPSA) is 0 Å². The number of hydrogen-bond donors (Lipinski definition) is 0. The summed E-state index contributed by atoms with van der Waals surface area (Å²) in [6, 6.07) is 13.9. The van der Waals surface area contributed by atoms with Crippen LogP contribution in [0.2, 0.25) is 0 Å². The smallest absolute Gasteiger partial charge is 0.210 e. The second kappa shape index (κ2) is 18.8. The minimum Gasteiger partial charge on any atom is -0.210 e. The van der Waals surface area contributed by atoms with E-state index in [0.717, 1.165) is 0 Å². The maximum absolute atomic E-state index is 2.31. The average molecular weight is 619 g/mol. The van der Waals surface area contributed by atoms with Gasteiger partial charge in [0.05, 0.1) is 0 Å². The monoisotopic (exact) mass is 618 g/mol. The van der Waals surface area contributed by atoms with Crippen molar-refractivity contribution < 1.29 is 25.8 Å². The van der Waals surface area contributed by atoms with Gasteiger partial charge in [-0.2, -0.15) is 68.3 Å². The molecule has 0 aliphatic carbocycles. The van der Waals surface area contributed by atoms with E-state index in [-0.39, 0.29) is 25.8 Å². The van der Waals surface area contributed by atoms with E-state index in [1.54, 1.807) is 50.1 Å². The fraction of sp³-hybridized carbons (Fsp3) is 0.643. The Bertz CT molecular complexity index is 939. The largest absolute Gasteiger partial charge is 3.00 e. The summed E-state index contributed by atoms with van der Waals surface area (Å²) in [5, 5.41) is 0. The van der Waals surface area contributed by atoms with Gasteiger partial charge in [-0.25, -0.2) is 18.2 Å². The van der Waals surface area contributed by atoms with Crippen LogP contribution in [0.15, 0.2) is 36.4 Å². The van der Waals surface area contributed by atoms with Gasteiger partial charge in [-0.15, -0.1) is 0 Å². The van der Waals surface area contributed by atoms with Crippen LogP contribution in [-0.2, 0) is 25.8 Å². The predicted molar refractivity (Wildman–Crippen MR) is 193 cm³/mol. The minimum atomic E-state index is 0. The van der Waals surface area contributed by atoms with Crippen LogP contribution in [0.1, 0.15) is 228 Å². The summed E-state index contributed by atoms with van der Waals surface area (Å²) < 4.78 is 0. The summed E-state index contributed by atoms with van der Waals surface area (Å²) in [4.78, 5) is 0. The van der Waals surface area contributed by atoms with Gasteiger partial charge in [-0.3, -0.25) is 0 Å². The van der Waals surface area contributed by atoms with Crippen LogP contribution in [0.25, 0.3) is 0 Å². The van der Waals surface area contributed by atoms with Gasteiger partial charge in [-0.05, 0) is 17.8 Å². The first kappa shape index (κ1) is 41.9. The maximum Gasteiger partial charge on any atom is 3.00 e. The molecule has 0 spiro atoms. The van der Waals surface area contributed by atoms with E-state index < -0.39 is 0 Å². The standard InChI is InChI=1S/3C14H23.Sc/c3*1-9(2)12-7-8-13(10(3)4)14(12)11(5)6;/h3*7-11H,1-6H3;/q3*-1;+3. The second-order valence-electron chi connectivity index (χ2n) is 15.4. The van der Waals surface area contributed by atoms with Crippen LogP contribution in [0.4, 0.5) is 0 Å². The molecule has 0 fully saturated rings. The SMILES string of the molecule is CC(C)c1cc[c-](C(C)C)c1C(C)C.CC(C)c1cc[c-](C(C)C)c1C(C)C.CC(C)c1cc[c-](C(C)C)c1C(C)C.[Sc+3]. The Labute approximate surface area is 288 Å². The number of rotatable bonds is 9. The normalized spacial score (nSPS) is 11.8. The Kier molecular flexibility index (Phi) is 18.3. The molecule has 0 N–H and O–H groups in total. The van der Waals surface area contributed by atoms with Crippen molar-refractivity contribution in [3.05, 3.63) is 86.5 Å². The molecule has 3 aromatic carbocycles. The molecule has 0 bridgehead atoms. The molecule has 0 saturated carbocycles. The van der Waals surface area contributed by atoms with Crippen molar-refractivity contribution in [2.45, 2.75) is 178 Å². The molecule has 43 heavy (non-hydrogen) atoms. The molecule has 1 heteroatoms. The molecule has 0 amide bonds. The molecule has 0 aromatic heterocycles. The minimum absolute atomic E-state index is 0. The van der Waals surface area contributed by atoms with Crippen LogP contribution in [0.3, 0.4) is 0 Å². The zero-order valence-electron chi connectivity index (χ0n) is 31.7. The van der Waals surface area contributed by atoms with E-state index in [1.165, 1.54) is 0 Å². The third kappa shape index (κ3) is 11.3. The molecule has 0 atom stereocenters. The van der Waals surface area contributed by atoms with Crippen LogP contribution >= 0.6 is 0 Å². The van der Waals surface area contributed by atoms with Gasteiger partial charge in [-0.1, -0.05) is 160 Å². The molecule has 240 valence electrons. The van der Waals surface area contributed by atoms with E-state index in [1.807, 2.05) is 0 Å². The molecule has 0 saturated heterocycles. The fourth-order valence-electron chi connectivity index (χ4n) is 6.60. The molecule has 0 aliphatic heterocycles. The Hall–Kier alpha value is -1.08. The third-order valence-corrected chi connectivity index (χ3v) is 8.66. The first-order valence-corrected chi connectivity index (χ1v) is 17.2. The van der Waals surface area contributed by atoms with Crippen LogP contribution < -0.4 is 0 Å². The van der Waals surface area contributed by atoms with Crippen LogP contribution in [-0.4, -0.2) is 0 Å². The Morgan fingerprint density at radius 1 is 0.326 bits per heavy atom. The molecule has 3 aromatic rings. The summed E-state index contributed by atoms with van der Waals surface area (Å²) in [6.45, 7) is 41.2. The van der Waals surface area contributed by atoms with Crippen molar-refractivity contribution in [2.75, 3.05) is 0 Å². The van der Waals surface area contributed by atoms with E-state index in [0.29, 0.717) is 53.3 Å². The molecule has 3 rings (SSSR count). The van der Waals surface area contributed by atoms with Crippen molar-refractivity contribution in [1.82, 2.24) is 0 Å². The van der Waals surface area contributed by atoms with Gasteiger partial charge < -0.3 is 0 Å².